The topological polar surface area (TPSA) is 84.2 Å². The number of carbonyl (C=O) groups excluding carboxylic acids is 1. The maximum absolute atomic E-state index is 11.1. The van der Waals surface area contributed by atoms with E-state index in [2.05, 4.69) is 10.4 Å². The molecule has 110 valence electrons. The molecule has 2 N–H and O–H groups in total. The molecule has 1 saturated carbocycles. The zero-order valence-corrected chi connectivity index (χ0v) is 11.7. The molecule has 6 nitrogen and oxygen atoms in total. The summed E-state index contributed by atoms with van der Waals surface area (Å²) >= 11 is 0. The summed E-state index contributed by atoms with van der Waals surface area (Å²) in [5, 5.41) is 16.0. The normalized spacial score (nSPS) is 17.6. The largest absolute Gasteiger partial charge is 0.480 e. The van der Waals surface area contributed by atoms with E-state index in [0.29, 0.717) is 11.7 Å². The fraction of sp³-hybridized carbons (Fsp3) is 0.643. The minimum absolute atomic E-state index is 0.217. The number of carboxylic acids is 1. The van der Waals surface area contributed by atoms with Crippen LogP contribution in [0.25, 0.3) is 0 Å². The van der Waals surface area contributed by atoms with Crippen LogP contribution in [0.3, 0.4) is 0 Å². The maximum atomic E-state index is 11.1. The Labute approximate surface area is 118 Å². The van der Waals surface area contributed by atoms with E-state index in [1.54, 1.807) is 0 Å². The van der Waals surface area contributed by atoms with Gasteiger partial charge < -0.3 is 10.4 Å². The number of nitrogens with one attached hydrogen (secondary N) is 1. The van der Waals surface area contributed by atoms with Gasteiger partial charge in [0.2, 0.25) is 5.91 Å². The van der Waals surface area contributed by atoms with Crippen LogP contribution in [0.15, 0.2) is 12.3 Å². The molecule has 6 heteroatoms. The molecule has 1 fully saturated rings. The highest BCUT2D eigenvalue weighted by Crippen LogP contribution is 2.27. The number of hydrogen-bond donors (Lipinski definition) is 2. The van der Waals surface area contributed by atoms with Crippen LogP contribution in [-0.2, 0) is 16.0 Å². The van der Waals surface area contributed by atoms with Crippen LogP contribution in [0.5, 0.6) is 0 Å². The molecule has 1 aliphatic rings. The zero-order chi connectivity index (χ0) is 14.5. The summed E-state index contributed by atoms with van der Waals surface area (Å²) in [6.45, 7) is 1.32. The summed E-state index contributed by atoms with van der Waals surface area (Å²) in [6.07, 6.45) is 8.14. The van der Waals surface area contributed by atoms with Crippen LogP contribution in [0.1, 0.15) is 50.8 Å². The smallest absolute Gasteiger partial charge is 0.326 e. The van der Waals surface area contributed by atoms with E-state index in [-0.39, 0.29) is 12.3 Å². The van der Waals surface area contributed by atoms with Crippen LogP contribution >= 0.6 is 0 Å². The molecule has 2 rings (SSSR count). The fourth-order valence-corrected chi connectivity index (χ4v) is 2.69. The van der Waals surface area contributed by atoms with Crippen LogP contribution in [0.2, 0.25) is 0 Å². The monoisotopic (exact) mass is 279 g/mol. The standard InChI is InChI=1S/C14H21N3O3/c1-10(18)15-13(14(19)20)9-11-7-8-17(16-11)12-5-3-2-4-6-12/h7-8,12-13H,2-6,9H2,1H3,(H,15,18)(H,19,20). The van der Waals surface area contributed by atoms with E-state index >= 15 is 0 Å². The summed E-state index contributed by atoms with van der Waals surface area (Å²) in [5.74, 6) is -1.38. The van der Waals surface area contributed by atoms with Gasteiger partial charge in [0.15, 0.2) is 0 Å². The van der Waals surface area contributed by atoms with Crippen LogP contribution in [0.4, 0.5) is 0 Å². The number of carboxylic acid groups (broad SMARTS) is 1. The molecular formula is C14H21N3O3. The number of aromatic nitrogens is 2. The average Bonchev–Trinajstić information content (AvgIpc) is 2.87. The van der Waals surface area contributed by atoms with Crippen LogP contribution in [0, 0.1) is 0 Å². The van der Waals surface area contributed by atoms with Gasteiger partial charge in [-0.3, -0.25) is 9.48 Å². The molecule has 1 heterocycles. The van der Waals surface area contributed by atoms with Crippen molar-refractivity contribution in [2.45, 2.75) is 57.5 Å². The first-order chi connectivity index (χ1) is 9.56. The highest BCUT2D eigenvalue weighted by Gasteiger charge is 2.21. The lowest BCUT2D eigenvalue weighted by molar-refractivity contribution is -0.141. The molecule has 1 aliphatic carbocycles. The van der Waals surface area contributed by atoms with Gasteiger partial charge in [-0.15, -0.1) is 0 Å². The number of nitrogens with zero attached hydrogens (tertiary/aromatic N) is 2. The van der Waals surface area contributed by atoms with Crippen molar-refractivity contribution in [3.8, 4) is 0 Å². The van der Waals surface area contributed by atoms with Crippen LogP contribution < -0.4 is 5.32 Å². The molecule has 0 radical (unpaired) electrons. The van der Waals surface area contributed by atoms with Crippen molar-refractivity contribution in [2.24, 2.45) is 0 Å². The number of rotatable bonds is 5. The minimum Gasteiger partial charge on any atom is -0.480 e. The van der Waals surface area contributed by atoms with Gasteiger partial charge in [0.25, 0.3) is 0 Å². The van der Waals surface area contributed by atoms with Crippen molar-refractivity contribution in [3.05, 3.63) is 18.0 Å². The number of carbonyl (C=O) groups is 2. The first kappa shape index (κ1) is 14.6. The second-order valence-corrected chi connectivity index (χ2v) is 5.37. The van der Waals surface area contributed by atoms with Crippen molar-refractivity contribution in [1.82, 2.24) is 15.1 Å². The first-order valence-electron chi connectivity index (χ1n) is 7.10. The lowest BCUT2D eigenvalue weighted by atomic mass is 9.96. The van der Waals surface area contributed by atoms with Crippen molar-refractivity contribution in [3.63, 3.8) is 0 Å². The van der Waals surface area contributed by atoms with Crippen molar-refractivity contribution < 1.29 is 14.7 Å². The summed E-state index contributed by atoms with van der Waals surface area (Å²) in [6, 6.07) is 1.36. The van der Waals surface area contributed by atoms with Gasteiger partial charge >= 0.3 is 5.97 Å². The quantitative estimate of drug-likeness (QED) is 0.856. The Kier molecular flexibility index (Phi) is 4.76. The Balaban J connectivity index is 2.00. The third kappa shape index (κ3) is 3.82. The molecule has 0 saturated heterocycles. The molecular weight excluding hydrogens is 258 g/mol. The van der Waals surface area contributed by atoms with Crippen LogP contribution in [-0.4, -0.2) is 32.8 Å². The Morgan fingerprint density at radius 2 is 2.15 bits per heavy atom. The van der Waals surface area contributed by atoms with Gasteiger partial charge in [0.1, 0.15) is 6.04 Å². The van der Waals surface area contributed by atoms with E-state index in [1.165, 1.54) is 26.2 Å². The minimum atomic E-state index is -1.03. The Morgan fingerprint density at radius 3 is 2.75 bits per heavy atom. The molecule has 0 aliphatic heterocycles. The third-order valence-corrected chi connectivity index (χ3v) is 3.70. The molecule has 20 heavy (non-hydrogen) atoms. The molecule has 1 aromatic rings. The van der Waals surface area contributed by atoms with Gasteiger partial charge in [0, 0.05) is 19.5 Å². The van der Waals surface area contributed by atoms with Crippen molar-refractivity contribution in [1.29, 1.82) is 0 Å². The van der Waals surface area contributed by atoms with Gasteiger partial charge in [-0.05, 0) is 18.9 Å². The molecule has 0 bridgehead atoms. The molecule has 1 amide bonds. The molecule has 1 unspecified atom stereocenters. The van der Waals surface area contributed by atoms with Crippen molar-refractivity contribution in [2.75, 3.05) is 0 Å². The predicted molar refractivity (Wildman–Crippen MR) is 73.3 cm³/mol. The SMILES string of the molecule is CC(=O)NC(Cc1ccn(C2CCCCC2)n1)C(=O)O. The number of amides is 1. The van der Waals surface area contributed by atoms with E-state index in [1.807, 2.05) is 16.9 Å². The van der Waals surface area contributed by atoms with Gasteiger partial charge in [-0.2, -0.15) is 5.10 Å². The second kappa shape index (κ2) is 6.54. The average molecular weight is 279 g/mol. The second-order valence-electron chi connectivity index (χ2n) is 5.37. The lowest BCUT2D eigenvalue weighted by Gasteiger charge is -2.21. The van der Waals surface area contributed by atoms with Crippen molar-refractivity contribution >= 4 is 11.9 Å². The van der Waals surface area contributed by atoms with E-state index in [9.17, 15) is 9.59 Å². The summed E-state index contributed by atoms with van der Waals surface area (Å²) in [5.41, 5.74) is 0.705. The Hall–Kier alpha value is -1.85. The number of hydrogen-bond acceptors (Lipinski definition) is 3. The van der Waals surface area contributed by atoms with E-state index < -0.39 is 12.0 Å². The highest BCUT2D eigenvalue weighted by molar-refractivity contribution is 5.82. The summed E-state index contributed by atoms with van der Waals surface area (Å²) in [4.78, 5) is 22.1. The lowest BCUT2D eigenvalue weighted by Crippen LogP contribution is -2.41. The Bertz CT molecular complexity index is 478. The zero-order valence-electron chi connectivity index (χ0n) is 11.7. The third-order valence-electron chi connectivity index (χ3n) is 3.70. The van der Waals surface area contributed by atoms with E-state index in [0.717, 1.165) is 12.8 Å². The van der Waals surface area contributed by atoms with Gasteiger partial charge in [-0.1, -0.05) is 19.3 Å². The Morgan fingerprint density at radius 1 is 1.45 bits per heavy atom. The molecule has 1 aromatic heterocycles. The van der Waals surface area contributed by atoms with Gasteiger partial charge in [-0.25, -0.2) is 4.79 Å². The summed E-state index contributed by atoms with van der Waals surface area (Å²) < 4.78 is 1.95. The molecule has 1 atom stereocenters. The summed E-state index contributed by atoms with van der Waals surface area (Å²) in [7, 11) is 0. The van der Waals surface area contributed by atoms with Gasteiger partial charge in [0.05, 0.1) is 11.7 Å². The fourth-order valence-electron chi connectivity index (χ4n) is 2.69. The maximum Gasteiger partial charge on any atom is 0.326 e. The molecule has 0 aromatic carbocycles. The predicted octanol–water partition coefficient (Wildman–Crippen LogP) is 1.52. The number of aliphatic carboxylic acids is 1. The van der Waals surface area contributed by atoms with E-state index in [4.69, 9.17) is 5.11 Å². The first-order valence-corrected chi connectivity index (χ1v) is 7.10. The molecule has 0 spiro atoms. The highest BCUT2D eigenvalue weighted by atomic mass is 16.4.